The Labute approximate surface area is 131 Å². The Balaban J connectivity index is 1.94. The maximum absolute atomic E-state index is 3.47. The van der Waals surface area contributed by atoms with Crippen LogP contribution in [-0.4, -0.2) is 26.1 Å². The Morgan fingerprint density at radius 2 is 1.86 bits per heavy atom. The van der Waals surface area contributed by atoms with Crippen molar-refractivity contribution in [1.82, 2.24) is 4.90 Å². The van der Waals surface area contributed by atoms with Crippen LogP contribution in [0.25, 0.3) is 0 Å². The third-order valence-electron chi connectivity index (χ3n) is 5.05. The van der Waals surface area contributed by atoms with E-state index in [2.05, 4.69) is 80.5 Å². The van der Waals surface area contributed by atoms with Crippen molar-refractivity contribution in [3.8, 4) is 0 Å². The third-order valence-corrected chi connectivity index (χ3v) is 9.81. The third kappa shape index (κ3) is 4.20. The van der Waals surface area contributed by atoms with Gasteiger partial charge in [0.05, 0.1) is 8.07 Å². The summed E-state index contributed by atoms with van der Waals surface area (Å²) in [7, 11) is -1.34. The molecule has 0 aliphatic carbocycles. The Bertz CT molecular complexity index is 545. The summed E-state index contributed by atoms with van der Waals surface area (Å²) in [5.74, 6) is 0. The normalized spacial score (nSPS) is 16.0. The predicted octanol–water partition coefficient (Wildman–Crippen LogP) is 4.80. The summed E-state index contributed by atoms with van der Waals surface area (Å²) in [4.78, 5) is 2.51. The summed E-state index contributed by atoms with van der Waals surface area (Å²) in [6.45, 7) is 15.1. The molecule has 0 fully saturated rings. The van der Waals surface area contributed by atoms with E-state index in [1.54, 1.807) is 0 Å². The highest BCUT2D eigenvalue weighted by Crippen LogP contribution is 2.36. The Morgan fingerprint density at radius 3 is 2.52 bits per heavy atom. The average molecular weight is 300 g/mol. The minimum Gasteiger partial charge on any atom is -0.294 e. The molecule has 0 unspecified atom stereocenters. The highest BCUT2D eigenvalue weighted by atomic mass is 28.3. The molecule has 1 aliphatic heterocycles. The summed E-state index contributed by atoms with van der Waals surface area (Å²) < 4.78 is 0. The molecule has 0 spiro atoms. The molecule has 1 aromatic carbocycles. The first kappa shape index (κ1) is 16.3. The maximum Gasteiger partial charge on any atom is 0.0864 e. The number of hydrogen-bond acceptors (Lipinski definition) is 1. The number of benzene rings is 1. The van der Waals surface area contributed by atoms with Crippen LogP contribution in [0.3, 0.4) is 0 Å². The molecule has 1 aliphatic rings. The molecule has 21 heavy (non-hydrogen) atoms. The molecule has 0 radical (unpaired) electrons. The average Bonchev–Trinajstić information content (AvgIpc) is 2.42. The molecule has 1 nitrogen and oxygen atoms in total. The Kier molecular flexibility index (Phi) is 4.93. The second-order valence-corrected chi connectivity index (χ2v) is 13.0. The van der Waals surface area contributed by atoms with Crippen LogP contribution in [0, 0.1) is 0 Å². The van der Waals surface area contributed by atoms with Gasteiger partial charge in [0.15, 0.2) is 0 Å². The van der Waals surface area contributed by atoms with Gasteiger partial charge in [0.2, 0.25) is 0 Å². The van der Waals surface area contributed by atoms with Crippen molar-refractivity contribution in [2.75, 3.05) is 13.1 Å². The van der Waals surface area contributed by atoms with E-state index in [4.69, 9.17) is 0 Å². The lowest BCUT2D eigenvalue weighted by molar-refractivity contribution is 0.282. The van der Waals surface area contributed by atoms with Gasteiger partial charge in [-0.3, -0.25) is 4.90 Å². The zero-order valence-corrected chi connectivity index (χ0v) is 15.2. The van der Waals surface area contributed by atoms with Gasteiger partial charge in [0.25, 0.3) is 0 Å². The van der Waals surface area contributed by atoms with Crippen molar-refractivity contribution in [3.05, 3.63) is 52.9 Å². The van der Waals surface area contributed by atoms with E-state index in [0.717, 1.165) is 19.6 Å². The first-order valence-corrected chi connectivity index (χ1v) is 11.1. The molecule has 0 saturated carbocycles. The maximum atomic E-state index is 3.47. The number of rotatable bonds is 3. The quantitative estimate of drug-likeness (QED) is 0.572. The largest absolute Gasteiger partial charge is 0.294 e. The van der Waals surface area contributed by atoms with Crippen LogP contribution in [0.4, 0.5) is 0 Å². The zero-order chi connectivity index (χ0) is 15.5. The summed E-state index contributed by atoms with van der Waals surface area (Å²) in [6, 6.07) is 8.82. The van der Waals surface area contributed by atoms with Gasteiger partial charge in [0, 0.05) is 19.6 Å². The van der Waals surface area contributed by atoms with Gasteiger partial charge in [-0.25, -0.2) is 0 Å². The topological polar surface area (TPSA) is 3.24 Å². The first-order chi connectivity index (χ1) is 9.79. The molecule has 1 heterocycles. The van der Waals surface area contributed by atoms with E-state index >= 15 is 0 Å². The molecule has 0 bridgehead atoms. The van der Waals surface area contributed by atoms with Crippen molar-refractivity contribution >= 4 is 8.07 Å². The van der Waals surface area contributed by atoms with Crippen molar-refractivity contribution in [2.45, 2.75) is 51.9 Å². The minimum atomic E-state index is -1.34. The molecular weight excluding hydrogens is 270 g/mol. The lowest BCUT2D eigenvalue weighted by Crippen LogP contribution is -2.34. The summed E-state index contributed by atoms with van der Waals surface area (Å²) in [5.41, 5.74) is 8.85. The van der Waals surface area contributed by atoms with E-state index in [-0.39, 0.29) is 0 Å². The molecule has 0 aromatic heterocycles. The van der Waals surface area contributed by atoms with Crippen LogP contribution >= 0.6 is 0 Å². The number of fused-ring (bicyclic) bond motifs is 1. The fraction of sp³-hybridized carbons (Fsp3) is 0.526. The number of nitrogens with zero attached hydrogens (tertiary/aromatic N) is 1. The monoisotopic (exact) mass is 299 g/mol. The van der Waals surface area contributed by atoms with Crippen LogP contribution in [0.2, 0.25) is 18.1 Å². The summed E-state index contributed by atoms with van der Waals surface area (Å²) in [6.07, 6.45) is 3.39. The SMILES string of the molecule is CC(C)(C)[Si](C)(C)C=C=CCN1CCc2ccccc2C1. The standard InChI is InChI=1S/C19H29NSi/c1-19(2,3)21(4,5)15-9-8-13-20-14-12-17-10-6-7-11-18(17)16-20/h6-8,10-11,15H,12-14,16H2,1-5H3. The fourth-order valence-electron chi connectivity index (χ4n) is 2.38. The second-order valence-electron chi connectivity index (χ2n) is 7.74. The van der Waals surface area contributed by atoms with E-state index in [1.807, 2.05) is 0 Å². The molecule has 0 atom stereocenters. The smallest absolute Gasteiger partial charge is 0.0864 e. The lowest BCUT2D eigenvalue weighted by Gasteiger charge is -2.33. The van der Waals surface area contributed by atoms with E-state index in [9.17, 15) is 0 Å². The molecular formula is C19H29NSi. The van der Waals surface area contributed by atoms with E-state index in [0.29, 0.717) is 5.04 Å². The minimum absolute atomic E-state index is 0.401. The van der Waals surface area contributed by atoms with Crippen molar-refractivity contribution in [1.29, 1.82) is 0 Å². The Hall–Kier alpha value is -1.08. The van der Waals surface area contributed by atoms with E-state index in [1.165, 1.54) is 17.5 Å². The van der Waals surface area contributed by atoms with Gasteiger partial charge in [0.1, 0.15) is 0 Å². The van der Waals surface area contributed by atoms with E-state index < -0.39 is 8.07 Å². The predicted molar refractivity (Wildman–Crippen MR) is 95.3 cm³/mol. The van der Waals surface area contributed by atoms with Crippen molar-refractivity contribution in [3.63, 3.8) is 0 Å². The van der Waals surface area contributed by atoms with Crippen LogP contribution < -0.4 is 0 Å². The summed E-state index contributed by atoms with van der Waals surface area (Å²) >= 11 is 0. The van der Waals surface area contributed by atoms with Crippen molar-refractivity contribution < 1.29 is 0 Å². The molecule has 0 saturated heterocycles. The van der Waals surface area contributed by atoms with Gasteiger partial charge < -0.3 is 0 Å². The van der Waals surface area contributed by atoms with Crippen molar-refractivity contribution in [2.24, 2.45) is 0 Å². The number of hydrogen-bond donors (Lipinski definition) is 0. The van der Waals surface area contributed by atoms with Crippen LogP contribution in [-0.2, 0) is 13.0 Å². The summed E-state index contributed by atoms with van der Waals surface area (Å²) in [5, 5.41) is 0.401. The van der Waals surface area contributed by atoms with Gasteiger partial charge >= 0.3 is 0 Å². The lowest BCUT2D eigenvalue weighted by atomic mass is 10.00. The first-order valence-electron chi connectivity index (χ1n) is 8.01. The van der Waals surface area contributed by atoms with Gasteiger partial charge in [-0.1, -0.05) is 63.8 Å². The second kappa shape index (κ2) is 6.35. The van der Waals surface area contributed by atoms with Gasteiger partial charge in [-0.2, -0.15) is 0 Å². The Morgan fingerprint density at radius 1 is 1.19 bits per heavy atom. The van der Waals surface area contributed by atoms with Gasteiger partial charge in [-0.05, 0) is 28.7 Å². The molecule has 2 heteroatoms. The van der Waals surface area contributed by atoms with Crippen LogP contribution in [0.1, 0.15) is 31.9 Å². The van der Waals surface area contributed by atoms with Crippen LogP contribution in [0.5, 0.6) is 0 Å². The molecule has 1 aromatic rings. The highest BCUT2D eigenvalue weighted by molar-refractivity contribution is 6.84. The molecule has 2 rings (SSSR count). The molecule has 0 amide bonds. The molecule has 0 N–H and O–H groups in total. The van der Waals surface area contributed by atoms with Crippen LogP contribution in [0.15, 0.2) is 41.8 Å². The molecule has 114 valence electrons. The zero-order valence-electron chi connectivity index (χ0n) is 14.2. The highest BCUT2D eigenvalue weighted by Gasteiger charge is 2.32. The fourth-order valence-corrected chi connectivity index (χ4v) is 3.34. The van der Waals surface area contributed by atoms with Gasteiger partial charge in [-0.15, -0.1) is 5.73 Å².